The van der Waals surface area contributed by atoms with Crippen molar-refractivity contribution in [2.45, 2.75) is 96.2 Å². The number of benzene rings is 3. The molecule has 5 aromatic rings. The summed E-state index contributed by atoms with van der Waals surface area (Å²) in [7, 11) is 1.64. The summed E-state index contributed by atoms with van der Waals surface area (Å²) in [5.74, 6) is -3.12. The number of hydrogen-bond donors (Lipinski definition) is 5. The van der Waals surface area contributed by atoms with Gasteiger partial charge < -0.3 is 36.0 Å². The highest BCUT2D eigenvalue weighted by Crippen LogP contribution is 2.29. The first kappa shape index (κ1) is 46.6. The lowest BCUT2D eigenvalue weighted by atomic mass is 10.0. The maximum Gasteiger partial charge on any atom is 0.326 e. The third kappa shape index (κ3) is 12.4. The third-order valence-corrected chi connectivity index (χ3v) is 11.2. The van der Waals surface area contributed by atoms with Gasteiger partial charge in [-0.1, -0.05) is 97.1 Å². The van der Waals surface area contributed by atoms with E-state index in [0.717, 1.165) is 16.8 Å². The molecule has 1 fully saturated rings. The van der Waals surface area contributed by atoms with Crippen molar-refractivity contribution >= 4 is 29.6 Å². The van der Waals surface area contributed by atoms with Crippen molar-refractivity contribution in [3.05, 3.63) is 114 Å². The fourth-order valence-corrected chi connectivity index (χ4v) is 7.47. The van der Waals surface area contributed by atoms with Crippen LogP contribution in [0, 0.1) is 12.8 Å². The maximum atomic E-state index is 14.4. The molecule has 1 aliphatic rings. The van der Waals surface area contributed by atoms with Crippen molar-refractivity contribution < 1.29 is 33.8 Å². The minimum absolute atomic E-state index is 0.0399. The molecule has 18 nitrogen and oxygen atoms in total. The van der Waals surface area contributed by atoms with E-state index in [1.54, 1.807) is 85.0 Å². The van der Waals surface area contributed by atoms with E-state index < -0.39 is 59.9 Å². The van der Waals surface area contributed by atoms with Crippen LogP contribution in [0.25, 0.3) is 11.3 Å². The first-order valence-corrected chi connectivity index (χ1v) is 21.5. The van der Waals surface area contributed by atoms with Gasteiger partial charge in [0, 0.05) is 50.5 Å². The molecule has 0 radical (unpaired) electrons. The second kappa shape index (κ2) is 21.9. The molecule has 338 valence electrons. The molecule has 4 amide bonds. The number of hydrogen-bond acceptors (Lipinski definition) is 11. The van der Waals surface area contributed by atoms with Gasteiger partial charge in [-0.05, 0) is 50.1 Å². The molecule has 6 atom stereocenters. The van der Waals surface area contributed by atoms with E-state index in [9.17, 15) is 29.1 Å². The topological polar surface area (TPSA) is 228 Å². The monoisotopic (exact) mass is 875 g/mol. The van der Waals surface area contributed by atoms with E-state index in [2.05, 4.69) is 41.9 Å². The predicted octanol–water partition coefficient (Wildman–Crippen LogP) is 2.74. The number of carbonyl (C=O) groups excluding carboxylic acids is 4. The maximum absolute atomic E-state index is 14.4. The van der Waals surface area contributed by atoms with Crippen LogP contribution >= 0.6 is 0 Å². The summed E-state index contributed by atoms with van der Waals surface area (Å²) in [5, 5.41) is 38.3. The number of aliphatic carboxylic acids is 1. The first-order valence-electron chi connectivity index (χ1n) is 21.5. The van der Waals surface area contributed by atoms with Gasteiger partial charge in [-0.2, -0.15) is 0 Å². The Labute approximate surface area is 372 Å². The summed E-state index contributed by atoms with van der Waals surface area (Å²) in [4.78, 5) is 69.9. The number of rotatable bonds is 21. The Morgan fingerprint density at radius 1 is 0.797 bits per heavy atom. The van der Waals surface area contributed by atoms with Crippen LogP contribution in [0.5, 0.6) is 5.75 Å². The summed E-state index contributed by atoms with van der Waals surface area (Å²) in [6.45, 7) is 8.20. The Balaban J connectivity index is 1.12. The molecule has 1 saturated heterocycles. The molecule has 6 rings (SSSR count). The van der Waals surface area contributed by atoms with E-state index in [0.29, 0.717) is 36.6 Å². The Morgan fingerprint density at radius 2 is 1.47 bits per heavy atom. The van der Waals surface area contributed by atoms with Crippen LogP contribution < -0.4 is 26.0 Å². The summed E-state index contributed by atoms with van der Waals surface area (Å²) in [5.41, 5.74) is 3.80. The van der Waals surface area contributed by atoms with E-state index in [-0.39, 0.29) is 37.6 Å². The number of ether oxygens (including phenoxy) is 1. The number of carbonyl (C=O) groups is 5. The van der Waals surface area contributed by atoms with Gasteiger partial charge in [-0.25, -0.2) is 9.48 Å². The van der Waals surface area contributed by atoms with E-state index in [1.165, 1.54) is 4.90 Å². The smallest absolute Gasteiger partial charge is 0.326 e. The average Bonchev–Trinajstić information content (AvgIpc) is 4.07. The Bertz CT molecular complexity index is 2340. The number of aromatic nitrogens is 6. The second-order valence-corrected chi connectivity index (χ2v) is 16.4. The molecule has 18 heteroatoms. The van der Waals surface area contributed by atoms with Crippen LogP contribution in [-0.4, -0.2) is 120 Å². The number of likely N-dealkylation sites (tertiary alicyclic amines) is 1. The van der Waals surface area contributed by atoms with Crippen molar-refractivity contribution in [2.75, 3.05) is 20.2 Å². The van der Waals surface area contributed by atoms with Crippen molar-refractivity contribution in [1.82, 2.24) is 56.2 Å². The fraction of sp³-hybridized carbons (Fsp3) is 0.413. The second-order valence-electron chi connectivity index (χ2n) is 16.4. The largest absolute Gasteiger partial charge is 0.494 e. The lowest BCUT2D eigenvalue weighted by Gasteiger charge is -2.31. The molecule has 5 N–H and O–H groups in total. The highest BCUT2D eigenvalue weighted by Gasteiger charge is 2.45. The van der Waals surface area contributed by atoms with Crippen molar-refractivity contribution in [1.29, 1.82) is 0 Å². The Morgan fingerprint density at radius 3 is 2.11 bits per heavy atom. The van der Waals surface area contributed by atoms with Gasteiger partial charge in [0.05, 0.1) is 30.6 Å². The van der Waals surface area contributed by atoms with Crippen molar-refractivity contribution in [2.24, 2.45) is 5.92 Å². The van der Waals surface area contributed by atoms with Gasteiger partial charge in [-0.15, -0.1) is 10.2 Å². The average molecular weight is 876 g/mol. The highest BCUT2D eigenvalue weighted by atomic mass is 16.5. The molecular formula is C46H57N11O7. The van der Waals surface area contributed by atoms with Crippen LogP contribution in [0.3, 0.4) is 0 Å². The predicted molar refractivity (Wildman–Crippen MR) is 237 cm³/mol. The normalized spacial score (nSPS) is 16.7. The molecule has 1 aliphatic heterocycles. The van der Waals surface area contributed by atoms with Crippen LogP contribution in [0.2, 0.25) is 0 Å². The summed E-state index contributed by atoms with van der Waals surface area (Å²) in [6.07, 6.45) is 4.45. The molecule has 0 aliphatic carbocycles. The molecule has 0 saturated carbocycles. The van der Waals surface area contributed by atoms with Crippen LogP contribution in [0.4, 0.5) is 0 Å². The van der Waals surface area contributed by atoms with Crippen LogP contribution in [0.15, 0.2) is 97.3 Å². The standard InChI is InChI=1S/C46H57N11O7/c1-29(2)41(50-42(58)31(4)47-5)45(61)56-27-35(57-26-30(3)51-54-57)25-40(56)44(60)48-37(23-32-13-8-6-9-14-32)43(59)49-38(46(62)63)24-33-17-19-36(20-18-33)64-22-12-21-55-28-39(52-53-55)34-15-10-7-11-16-34/h6-11,13-20,26,28-29,31,35,37-38,40-41,47H,12,21-25,27H2,1-5H3,(H,48,60)(H,49,59)(H,50,58)(H,62,63)/t31-,35-,37-,38-,40-,41-/m0/s1. The van der Waals surface area contributed by atoms with Gasteiger partial charge in [0.2, 0.25) is 23.6 Å². The lowest BCUT2D eigenvalue weighted by molar-refractivity contribution is -0.144. The van der Waals surface area contributed by atoms with E-state index >= 15 is 0 Å². The number of likely N-dealkylation sites (N-methyl/N-ethyl adjacent to an activating group) is 1. The number of amides is 4. The van der Waals surface area contributed by atoms with Gasteiger partial charge in [0.25, 0.3) is 0 Å². The fourth-order valence-electron chi connectivity index (χ4n) is 7.47. The minimum Gasteiger partial charge on any atom is -0.494 e. The van der Waals surface area contributed by atoms with Gasteiger partial charge in [0.1, 0.15) is 35.6 Å². The zero-order valence-corrected chi connectivity index (χ0v) is 36.8. The lowest BCUT2D eigenvalue weighted by Crippen LogP contribution is -2.59. The SMILES string of the molecule is CN[C@@H](C)C(=O)N[C@H](C(=O)N1C[C@@H](n2cc(C)nn2)C[C@H]1C(=O)N[C@@H](Cc1ccccc1)C(=O)N[C@@H](Cc1ccc(OCCCn2cc(-c3ccccc3)nn2)cc1)C(=O)O)C(C)C. The molecule has 2 aromatic heterocycles. The summed E-state index contributed by atoms with van der Waals surface area (Å²) in [6, 6.07) is 20.3. The van der Waals surface area contributed by atoms with Crippen molar-refractivity contribution in [3.63, 3.8) is 0 Å². The molecule has 3 heterocycles. The van der Waals surface area contributed by atoms with Gasteiger partial charge in [-0.3, -0.25) is 23.9 Å². The van der Waals surface area contributed by atoms with Crippen LogP contribution in [-0.2, 0) is 43.4 Å². The summed E-state index contributed by atoms with van der Waals surface area (Å²) >= 11 is 0. The molecule has 3 aromatic carbocycles. The Hall–Kier alpha value is -6.95. The van der Waals surface area contributed by atoms with Gasteiger partial charge in [0.15, 0.2) is 0 Å². The van der Waals surface area contributed by atoms with Crippen LogP contribution in [0.1, 0.15) is 56.5 Å². The van der Waals surface area contributed by atoms with E-state index in [1.807, 2.05) is 56.4 Å². The quantitative estimate of drug-likeness (QED) is 0.0671. The van der Waals surface area contributed by atoms with Gasteiger partial charge >= 0.3 is 5.97 Å². The molecule has 0 unspecified atom stereocenters. The van der Waals surface area contributed by atoms with Crippen molar-refractivity contribution in [3.8, 4) is 17.0 Å². The minimum atomic E-state index is -1.34. The number of nitrogens with one attached hydrogen (secondary N) is 4. The van der Waals surface area contributed by atoms with E-state index in [4.69, 9.17) is 4.74 Å². The first-order chi connectivity index (χ1) is 30.8. The summed E-state index contributed by atoms with van der Waals surface area (Å²) < 4.78 is 9.31. The molecular weight excluding hydrogens is 819 g/mol. The number of aryl methyl sites for hydroxylation is 2. The Kier molecular flexibility index (Phi) is 15.9. The molecule has 64 heavy (non-hydrogen) atoms. The number of nitrogens with zero attached hydrogens (tertiary/aromatic N) is 7. The third-order valence-electron chi connectivity index (χ3n) is 11.2. The zero-order valence-electron chi connectivity index (χ0n) is 36.8. The highest BCUT2D eigenvalue weighted by molar-refractivity contribution is 5.96. The zero-order chi connectivity index (χ0) is 45.8. The number of carboxylic acid groups (broad SMARTS) is 1. The number of carboxylic acids is 1. The molecule has 0 spiro atoms. The molecule has 0 bridgehead atoms.